The lowest BCUT2D eigenvalue weighted by molar-refractivity contribution is -0.126. The molecule has 1 aliphatic rings. The third kappa shape index (κ3) is 5.38. The molecule has 0 aliphatic carbocycles. The summed E-state index contributed by atoms with van der Waals surface area (Å²) in [6.45, 7) is 13.1. The van der Waals surface area contributed by atoms with Gasteiger partial charge < -0.3 is 19.5 Å². The molecule has 1 amide bonds. The maximum absolute atomic E-state index is 15.9. The number of halogens is 2. The Kier molecular flexibility index (Phi) is 8.15. The summed E-state index contributed by atoms with van der Waals surface area (Å²) < 4.78 is 45.0. The van der Waals surface area contributed by atoms with Gasteiger partial charge in [-0.2, -0.15) is 4.98 Å². The van der Waals surface area contributed by atoms with Crippen LogP contribution < -0.4 is 16.0 Å². The molecule has 44 heavy (non-hydrogen) atoms. The molecule has 3 aromatic heterocycles. The average Bonchev–Trinajstić information content (AvgIpc) is 2.96. The van der Waals surface area contributed by atoms with Gasteiger partial charge in [0.05, 0.1) is 22.3 Å². The van der Waals surface area contributed by atoms with Crippen LogP contribution in [-0.4, -0.2) is 74.4 Å². The van der Waals surface area contributed by atoms with Crippen LogP contribution in [0, 0.1) is 18.6 Å². The molecule has 0 unspecified atom stereocenters. The Bertz CT molecular complexity index is 1920. The van der Waals surface area contributed by atoms with Crippen molar-refractivity contribution < 1.29 is 23.2 Å². The summed E-state index contributed by atoms with van der Waals surface area (Å²) in [6.07, 6.45) is 1.59. The number of aromatic hydroxyl groups is 1. The molecule has 1 N–H and O–H groups in total. The molecule has 0 bridgehead atoms. The standard InChI is InChI=1S/C31H33F2N6O4P/c1-7-22-28(17(3)14-24(34-22)44(5,6)43)39-30-19(15-21(33)27(35-30)26-20(32)10-9-11-23(26)40)29(36-31(39)42)38-13-12-37(16-18(38)4)25(41)8-2/h8-11,14-15,18,40H,2,7,12-13,16H2,1,3-6H3/t18-/m0/s1. The van der Waals surface area contributed by atoms with Crippen LogP contribution in [0.2, 0.25) is 0 Å². The highest BCUT2D eigenvalue weighted by Crippen LogP contribution is 2.38. The molecular weight excluding hydrogens is 589 g/mol. The Morgan fingerprint density at radius 3 is 2.50 bits per heavy atom. The molecule has 4 aromatic rings. The number of nitrogens with zero attached hydrogens (tertiary/aromatic N) is 6. The monoisotopic (exact) mass is 622 g/mol. The number of phenolic OH excluding ortho intramolecular Hbond substituents is 1. The van der Waals surface area contributed by atoms with E-state index in [4.69, 9.17) is 0 Å². The summed E-state index contributed by atoms with van der Waals surface area (Å²) in [5, 5.41) is 10.7. The van der Waals surface area contributed by atoms with Crippen LogP contribution in [0.4, 0.5) is 14.6 Å². The van der Waals surface area contributed by atoms with Crippen molar-refractivity contribution in [2.45, 2.75) is 33.2 Å². The molecule has 0 spiro atoms. The van der Waals surface area contributed by atoms with E-state index in [0.717, 1.165) is 12.1 Å². The number of fused-ring (bicyclic) bond motifs is 1. The lowest BCUT2D eigenvalue weighted by Gasteiger charge is -2.40. The Labute approximate surface area is 253 Å². The first-order chi connectivity index (χ1) is 20.8. The van der Waals surface area contributed by atoms with Crippen molar-refractivity contribution in [2.24, 2.45) is 0 Å². The van der Waals surface area contributed by atoms with E-state index in [1.54, 1.807) is 31.2 Å². The van der Waals surface area contributed by atoms with E-state index in [2.05, 4.69) is 21.5 Å². The fourth-order valence-corrected chi connectivity index (χ4v) is 6.46. The lowest BCUT2D eigenvalue weighted by Crippen LogP contribution is -2.54. The Balaban J connectivity index is 1.84. The highest BCUT2D eigenvalue weighted by Gasteiger charge is 2.31. The van der Waals surface area contributed by atoms with Gasteiger partial charge >= 0.3 is 5.69 Å². The molecular formula is C31H33F2N6O4P. The number of aryl methyl sites for hydroxylation is 2. The average molecular weight is 623 g/mol. The zero-order valence-electron chi connectivity index (χ0n) is 25.1. The van der Waals surface area contributed by atoms with E-state index in [1.165, 1.54) is 22.8 Å². The molecule has 13 heteroatoms. The van der Waals surface area contributed by atoms with Gasteiger partial charge in [-0.15, -0.1) is 0 Å². The first-order valence-corrected chi connectivity index (χ1v) is 16.7. The predicted molar refractivity (Wildman–Crippen MR) is 167 cm³/mol. The van der Waals surface area contributed by atoms with Crippen molar-refractivity contribution >= 4 is 35.3 Å². The lowest BCUT2D eigenvalue weighted by atomic mass is 10.1. The number of pyridine rings is 2. The van der Waals surface area contributed by atoms with Crippen LogP contribution >= 0.6 is 7.14 Å². The number of carbonyl (C=O) groups is 1. The molecule has 0 radical (unpaired) electrons. The van der Waals surface area contributed by atoms with E-state index in [-0.39, 0.29) is 28.8 Å². The number of hydrogen-bond donors (Lipinski definition) is 1. The zero-order chi connectivity index (χ0) is 32.1. The van der Waals surface area contributed by atoms with E-state index in [0.29, 0.717) is 48.4 Å². The van der Waals surface area contributed by atoms with Crippen LogP contribution in [-0.2, 0) is 15.8 Å². The van der Waals surface area contributed by atoms with Crippen LogP contribution in [0.3, 0.4) is 0 Å². The molecule has 1 aliphatic heterocycles. The Morgan fingerprint density at radius 1 is 1.16 bits per heavy atom. The molecule has 5 rings (SSSR count). The van der Waals surface area contributed by atoms with Crippen LogP contribution in [0.1, 0.15) is 25.1 Å². The second-order valence-electron chi connectivity index (χ2n) is 11.2. The summed E-state index contributed by atoms with van der Waals surface area (Å²) in [5.41, 5.74) is 0.0568. The van der Waals surface area contributed by atoms with Crippen LogP contribution in [0.5, 0.6) is 5.75 Å². The van der Waals surface area contributed by atoms with E-state index < -0.39 is 41.5 Å². The second kappa shape index (κ2) is 11.6. The highest BCUT2D eigenvalue weighted by atomic mass is 31.2. The third-order valence-corrected chi connectivity index (χ3v) is 9.10. The van der Waals surface area contributed by atoms with Crippen LogP contribution in [0.15, 0.2) is 47.8 Å². The SMILES string of the molecule is C=CC(=O)N1CCN(c2nc(=O)n(-c3c(C)cc(P(C)(C)=O)nc3CC)c3nc(-c4c(O)cccc4F)c(F)cc23)[C@@H](C)C1. The first-order valence-electron chi connectivity index (χ1n) is 14.1. The maximum Gasteiger partial charge on any atom is 0.355 e. The molecule has 1 aromatic carbocycles. The number of piperazine rings is 1. The molecule has 1 fully saturated rings. The van der Waals surface area contributed by atoms with Gasteiger partial charge in [-0.1, -0.05) is 19.6 Å². The Morgan fingerprint density at radius 2 is 1.89 bits per heavy atom. The second-order valence-corrected chi connectivity index (χ2v) is 14.4. The fraction of sp³-hybridized carbons (Fsp3) is 0.323. The van der Waals surface area contributed by atoms with Gasteiger partial charge in [0, 0.05) is 25.7 Å². The van der Waals surface area contributed by atoms with Crippen molar-refractivity contribution in [3.8, 4) is 22.7 Å². The van der Waals surface area contributed by atoms with E-state index >= 15 is 4.39 Å². The van der Waals surface area contributed by atoms with Gasteiger partial charge in [0.25, 0.3) is 0 Å². The summed E-state index contributed by atoms with van der Waals surface area (Å²) >= 11 is 0. The van der Waals surface area contributed by atoms with Crippen molar-refractivity contribution in [3.05, 3.63) is 76.4 Å². The van der Waals surface area contributed by atoms with Gasteiger partial charge in [0.1, 0.15) is 35.7 Å². The Hall–Kier alpha value is -4.44. The van der Waals surface area contributed by atoms with Crippen molar-refractivity contribution in [3.63, 3.8) is 0 Å². The zero-order valence-corrected chi connectivity index (χ0v) is 26.0. The number of hydrogen-bond acceptors (Lipinski definition) is 8. The first kappa shape index (κ1) is 31.0. The van der Waals surface area contributed by atoms with Crippen molar-refractivity contribution in [2.75, 3.05) is 37.9 Å². The van der Waals surface area contributed by atoms with E-state index in [9.17, 15) is 23.7 Å². The molecule has 10 nitrogen and oxygen atoms in total. The molecule has 4 heterocycles. The maximum atomic E-state index is 15.9. The molecule has 1 atom stereocenters. The molecule has 230 valence electrons. The smallest absolute Gasteiger partial charge is 0.355 e. The number of anilines is 1. The summed E-state index contributed by atoms with van der Waals surface area (Å²) in [5.74, 6) is -2.42. The number of benzene rings is 1. The van der Waals surface area contributed by atoms with E-state index in [1.807, 2.05) is 18.7 Å². The van der Waals surface area contributed by atoms with Gasteiger partial charge in [0.15, 0.2) is 11.5 Å². The molecule has 1 saturated heterocycles. The third-order valence-electron chi connectivity index (χ3n) is 7.77. The largest absolute Gasteiger partial charge is 0.507 e. The fourth-order valence-electron chi connectivity index (χ4n) is 5.59. The minimum absolute atomic E-state index is 0.0284. The number of phenols is 1. The normalized spacial score (nSPS) is 15.6. The van der Waals surface area contributed by atoms with Crippen molar-refractivity contribution in [1.82, 2.24) is 24.4 Å². The van der Waals surface area contributed by atoms with Crippen LogP contribution in [0.25, 0.3) is 28.0 Å². The van der Waals surface area contributed by atoms with Gasteiger partial charge in [0.2, 0.25) is 5.91 Å². The van der Waals surface area contributed by atoms with Gasteiger partial charge in [-0.25, -0.2) is 28.1 Å². The topological polar surface area (TPSA) is 122 Å². The predicted octanol–water partition coefficient (Wildman–Crippen LogP) is 4.17. The number of rotatable bonds is 6. The quantitative estimate of drug-likeness (QED) is 0.251. The highest BCUT2D eigenvalue weighted by molar-refractivity contribution is 7.69. The van der Waals surface area contributed by atoms with Gasteiger partial charge in [-0.3, -0.25) is 4.79 Å². The number of carbonyl (C=O) groups excluding carboxylic acids is 1. The van der Waals surface area contributed by atoms with Gasteiger partial charge in [-0.05, 0) is 69.5 Å². The summed E-state index contributed by atoms with van der Waals surface area (Å²) in [4.78, 5) is 43.2. The van der Waals surface area contributed by atoms with Crippen molar-refractivity contribution in [1.29, 1.82) is 0 Å². The minimum atomic E-state index is -2.76. The summed E-state index contributed by atoms with van der Waals surface area (Å²) in [6, 6.07) is 6.04. The molecule has 0 saturated carbocycles. The number of aromatic nitrogens is 4. The minimum Gasteiger partial charge on any atom is -0.507 e. The summed E-state index contributed by atoms with van der Waals surface area (Å²) in [7, 11) is -2.76. The number of amides is 1.